The molecule has 6 atom stereocenters. The molecular formula is C35H34N2O6. The topological polar surface area (TPSA) is 108 Å². The van der Waals surface area contributed by atoms with E-state index in [1.165, 1.54) is 9.80 Å². The number of carbonyl (C=O) groups is 4. The number of hydrogen-bond acceptors (Lipinski definition) is 6. The predicted octanol–water partition coefficient (Wildman–Crippen LogP) is 4.94. The first-order valence-corrected chi connectivity index (χ1v) is 15.2. The molecule has 8 nitrogen and oxygen atoms in total. The van der Waals surface area contributed by atoms with Crippen molar-refractivity contribution in [3.8, 4) is 0 Å². The van der Waals surface area contributed by atoms with Crippen molar-refractivity contribution in [2.24, 2.45) is 29.6 Å². The molecule has 0 bridgehead atoms. The summed E-state index contributed by atoms with van der Waals surface area (Å²) in [6, 6.07) is 18.4. The van der Waals surface area contributed by atoms with Gasteiger partial charge in [-0.2, -0.15) is 0 Å². The second-order valence-corrected chi connectivity index (χ2v) is 12.1. The van der Waals surface area contributed by atoms with E-state index < -0.39 is 35.5 Å². The van der Waals surface area contributed by atoms with Crippen molar-refractivity contribution in [3.05, 3.63) is 95.0 Å². The van der Waals surface area contributed by atoms with Crippen LogP contribution in [0.5, 0.6) is 0 Å². The van der Waals surface area contributed by atoms with Gasteiger partial charge in [-0.05, 0) is 79.1 Å². The number of rotatable bonds is 6. The summed E-state index contributed by atoms with van der Waals surface area (Å²) in [6.07, 6.45) is 4.36. The van der Waals surface area contributed by atoms with Crippen LogP contribution in [0, 0.1) is 29.6 Å². The lowest BCUT2D eigenvalue weighted by Gasteiger charge is -2.43. The minimum Gasteiger partial charge on any atom is -0.463 e. The molecule has 0 radical (unpaired) electrons. The highest BCUT2D eigenvalue weighted by Gasteiger charge is 2.62. The fourth-order valence-electron chi connectivity index (χ4n) is 7.82. The van der Waals surface area contributed by atoms with Crippen molar-refractivity contribution >= 4 is 35.0 Å². The van der Waals surface area contributed by atoms with Crippen LogP contribution in [-0.2, 0) is 38.6 Å². The summed E-state index contributed by atoms with van der Waals surface area (Å²) in [5, 5.41) is 9.73. The first-order valence-electron chi connectivity index (χ1n) is 15.2. The Morgan fingerprint density at radius 3 is 1.79 bits per heavy atom. The Kier molecular flexibility index (Phi) is 6.69. The summed E-state index contributed by atoms with van der Waals surface area (Å²) in [7, 11) is 0. The summed E-state index contributed by atoms with van der Waals surface area (Å²) < 4.78 is 6.02. The third kappa shape index (κ3) is 4.14. The monoisotopic (exact) mass is 578 g/mol. The van der Waals surface area contributed by atoms with E-state index in [9.17, 15) is 24.3 Å². The van der Waals surface area contributed by atoms with Crippen LogP contribution in [0.1, 0.15) is 55.3 Å². The number of furan rings is 1. The summed E-state index contributed by atoms with van der Waals surface area (Å²) in [5.74, 6) is -3.73. The molecule has 2 aliphatic heterocycles. The summed E-state index contributed by atoms with van der Waals surface area (Å²) >= 11 is 0. The number of carbonyl (C=O) groups excluding carboxylic acids is 4. The van der Waals surface area contributed by atoms with Gasteiger partial charge in [-0.15, -0.1) is 0 Å². The number of anilines is 2. The number of aliphatic hydroxyl groups excluding tert-OH is 1. The van der Waals surface area contributed by atoms with Crippen LogP contribution in [0.2, 0.25) is 0 Å². The Bertz CT molecular complexity index is 1650. The number of benzene rings is 2. The first-order chi connectivity index (χ1) is 20.9. The number of amides is 4. The molecule has 43 heavy (non-hydrogen) atoms. The third-order valence-electron chi connectivity index (χ3n) is 10.00. The Labute approximate surface area is 250 Å². The fraction of sp³-hybridized carbons (Fsp3) is 0.371. The van der Waals surface area contributed by atoms with Crippen LogP contribution in [0.3, 0.4) is 0 Å². The van der Waals surface area contributed by atoms with Crippen molar-refractivity contribution < 1.29 is 28.7 Å². The fourth-order valence-corrected chi connectivity index (χ4v) is 7.82. The van der Waals surface area contributed by atoms with E-state index in [0.717, 1.165) is 29.5 Å². The highest BCUT2D eigenvalue weighted by molar-refractivity contribution is 6.24. The molecule has 220 valence electrons. The molecule has 2 aromatic carbocycles. The van der Waals surface area contributed by atoms with Gasteiger partial charge in [0.05, 0.1) is 41.0 Å². The lowest BCUT2D eigenvalue weighted by atomic mass is 9.58. The van der Waals surface area contributed by atoms with Crippen LogP contribution in [0.15, 0.2) is 76.7 Å². The SMILES string of the molecule is CCc1ccc(N2C(=O)[C@H]3[C@H](CC=C4[C@H]3C[C@H]3C(=O)N(c5ccc(CC)cc5)C(=O)[C@H]3[C@H]4c3ccc(CO)o3)C2=O)cc1. The molecule has 4 amide bonds. The minimum absolute atomic E-state index is 0.222. The lowest BCUT2D eigenvalue weighted by Crippen LogP contribution is -2.43. The van der Waals surface area contributed by atoms with E-state index in [-0.39, 0.29) is 30.2 Å². The van der Waals surface area contributed by atoms with Gasteiger partial charge < -0.3 is 9.52 Å². The van der Waals surface area contributed by atoms with Crippen molar-refractivity contribution in [2.75, 3.05) is 9.80 Å². The Hall–Kier alpha value is -4.30. The molecule has 3 aromatic rings. The number of fused-ring (bicyclic) bond motifs is 4. The summed E-state index contributed by atoms with van der Waals surface area (Å²) in [4.78, 5) is 58.6. The van der Waals surface area contributed by atoms with Gasteiger partial charge in [-0.3, -0.25) is 29.0 Å². The molecule has 1 N–H and O–H groups in total. The third-order valence-corrected chi connectivity index (χ3v) is 10.00. The molecule has 4 aliphatic rings. The second-order valence-electron chi connectivity index (χ2n) is 12.1. The zero-order chi connectivity index (χ0) is 30.0. The van der Waals surface area contributed by atoms with Crippen molar-refractivity contribution in [2.45, 2.75) is 52.1 Å². The number of aliphatic hydroxyl groups is 1. The maximum Gasteiger partial charge on any atom is 0.238 e. The quantitative estimate of drug-likeness (QED) is 0.328. The van der Waals surface area contributed by atoms with Crippen LogP contribution >= 0.6 is 0 Å². The number of nitrogens with zero attached hydrogens (tertiary/aromatic N) is 2. The van der Waals surface area contributed by atoms with Gasteiger partial charge in [-0.1, -0.05) is 49.8 Å². The van der Waals surface area contributed by atoms with Crippen molar-refractivity contribution in [1.82, 2.24) is 0 Å². The second kappa shape index (κ2) is 10.5. The molecule has 2 aliphatic carbocycles. The maximum absolute atomic E-state index is 14.1. The molecule has 8 heteroatoms. The summed E-state index contributed by atoms with van der Waals surface area (Å²) in [5.41, 5.74) is 4.17. The zero-order valence-electron chi connectivity index (χ0n) is 24.2. The average Bonchev–Trinajstić information content (AvgIpc) is 3.69. The zero-order valence-corrected chi connectivity index (χ0v) is 24.2. The Balaban J connectivity index is 1.29. The Morgan fingerprint density at radius 2 is 1.26 bits per heavy atom. The molecule has 1 aromatic heterocycles. The van der Waals surface area contributed by atoms with Gasteiger partial charge >= 0.3 is 0 Å². The Morgan fingerprint density at radius 1 is 0.698 bits per heavy atom. The van der Waals surface area contributed by atoms with E-state index in [4.69, 9.17) is 4.42 Å². The normalized spacial score (nSPS) is 28.2. The van der Waals surface area contributed by atoms with Gasteiger partial charge in [0.2, 0.25) is 23.6 Å². The maximum atomic E-state index is 14.1. The van der Waals surface area contributed by atoms with E-state index in [1.807, 2.05) is 49.4 Å². The summed E-state index contributed by atoms with van der Waals surface area (Å²) in [6.45, 7) is 3.80. The minimum atomic E-state index is -0.708. The highest BCUT2D eigenvalue weighted by Crippen LogP contribution is 2.58. The smallest absolute Gasteiger partial charge is 0.238 e. The van der Waals surface area contributed by atoms with Gasteiger partial charge in [0.15, 0.2) is 0 Å². The molecular weight excluding hydrogens is 544 g/mol. The number of aryl methyl sites for hydroxylation is 2. The first kappa shape index (κ1) is 27.5. The van der Waals surface area contributed by atoms with Crippen molar-refractivity contribution in [1.29, 1.82) is 0 Å². The number of hydrogen-bond donors (Lipinski definition) is 1. The van der Waals surface area contributed by atoms with E-state index in [0.29, 0.717) is 35.7 Å². The average molecular weight is 579 g/mol. The number of imide groups is 2. The van der Waals surface area contributed by atoms with Crippen LogP contribution in [0.25, 0.3) is 0 Å². The van der Waals surface area contributed by atoms with Crippen LogP contribution in [-0.4, -0.2) is 28.7 Å². The molecule has 1 saturated carbocycles. The van der Waals surface area contributed by atoms with E-state index >= 15 is 0 Å². The lowest BCUT2D eigenvalue weighted by molar-refractivity contribution is -0.126. The molecule has 3 heterocycles. The van der Waals surface area contributed by atoms with Crippen LogP contribution in [0.4, 0.5) is 11.4 Å². The van der Waals surface area contributed by atoms with Gasteiger partial charge in [-0.25, -0.2) is 0 Å². The van der Waals surface area contributed by atoms with E-state index in [1.54, 1.807) is 24.3 Å². The highest BCUT2D eigenvalue weighted by atomic mass is 16.4. The molecule has 2 saturated heterocycles. The number of allylic oxidation sites excluding steroid dienone is 2. The molecule has 3 fully saturated rings. The van der Waals surface area contributed by atoms with Crippen molar-refractivity contribution in [3.63, 3.8) is 0 Å². The van der Waals surface area contributed by atoms with E-state index in [2.05, 4.69) is 6.92 Å². The molecule has 0 spiro atoms. The molecule has 7 rings (SSSR count). The van der Waals surface area contributed by atoms with Crippen LogP contribution < -0.4 is 9.80 Å². The predicted molar refractivity (Wildman–Crippen MR) is 159 cm³/mol. The van der Waals surface area contributed by atoms with Gasteiger partial charge in [0.1, 0.15) is 18.1 Å². The largest absolute Gasteiger partial charge is 0.463 e. The molecule has 0 unspecified atom stereocenters. The van der Waals surface area contributed by atoms with Gasteiger partial charge in [0, 0.05) is 0 Å². The van der Waals surface area contributed by atoms with Gasteiger partial charge in [0.25, 0.3) is 0 Å². The standard InChI is InChI=1S/C35H34N2O6/c1-3-19-5-9-21(10-6-19)36-32(39)25-15-14-24-26(29(25)34(36)41)17-27-31(30(24)28-16-13-23(18-38)43-28)35(42)37(33(27)40)22-11-7-20(4-2)8-12-22/h5-14,16,25-27,29-31,38H,3-4,15,17-18H2,1-2H3/t25-,26+,27+,29-,30+,31+/m0/s1.